The predicted molar refractivity (Wildman–Crippen MR) is 96.5 cm³/mol. The Kier molecular flexibility index (Phi) is 4.48. The van der Waals surface area contributed by atoms with Crippen LogP contribution in [0.5, 0.6) is 0 Å². The van der Waals surface area contributed by atoms with E-state index < -0.39 is 0 Å². The maximum Gasteiger partial charge on any atom is 0.309 e. The van der Waals surface area contributed by atoms with E-state index in [0.29, 0.717) is 0 Å². The summed E-state index contributed by atoms with van der Waals surface area (Å²) >= 11 is 0. The lowest BCUT2D eigenvalue weighted by molar-refractivity contribution is -0.139. The average Bonchev–Trinajstić information content (AvgIpc) is 3.18. The molecule has 2 heterocycles. The van der Waals surface area contributed by atoms with E-state index in [9.17, 15) is 4.79 Å². The fraction of sp³-hybridized carbons (Fsp3) is 0.300. The third kappa shape index (κ3) is 3.22. The fourth-order valence-electron chi connectivity index (χ4n) is 3.44. The summed E-state index contributed by atoms with van der Waals surface area (Å²) in [5.41, 5.74) is 5.11. The van der Waals surface area contributed by atoms with Gasteiger partial charge in [-0.15, -0.1) is 5.10 Å². The Hall–Kier alpha value is -3.02. The van der Waals surface area contributed by atoms with Gasteiger partial charge in [-0.1, -0.05) is 35.5 Å². The zero-order valence-electron chi connectivity index (χ0n) is 14.6. The lowest BCUT2D eigenvalue weighted by Gasteiger charge is -2.23. The molecule has 1 atom stereocenters. The molecule has 0 fully saturated rings. The van der Waals surface area contributed by atoms with Crippen molar-refractivity contribution in [2.75, 3.05) is 7.11 Å². The number of aryl methyl sites for hydroxylation is 1. The van der Waals surface area contributed by atoms with Crippen LogP contribution in [-0.2, 0) is 22.4 Å². The molecule has 26 heavy (non-hydrogen) atoms. The second-order valence-corrected chi connectivity index (χ2v) is 6.49. The molecular formula is C20H20N4O2. The molecule has 0 bridgehead atoms. The van der Waals surface area contributed by atoms with Gasteiger partial charge in [0.1, 0.15) is 5.69 Å². The molecule has 132 valence electrons. The van der Waals surface area contributed by atoms with Crippen molar-refractivity contribution >= 4 is 5.97 Å². The number of nitrogens with zero attached hydrogens (tertiary/aromatic N) is 4. The highest BCUT2D eigenvalue weighted by molar-refractivity contribution is 5.72. The summed E-state index contributed by atoms with van der Waals surface area (Å²) in [5.74, 6) is -0.243. The summed E-state index contributed by atoms with van der Waals surface area (Å²) in [6.07, 6.45) is 7.31. The Morgan fingerprint density at radius 1 is 1.27 bits per heavy atom. The van der Waals surface area contributed by atoms with Crippen molar-refractivity contribution in [3.05, 3.63) is 65.6 Å². The van der Waals surface area contributed by atoms with Gasteiger partial charge >= 0.3 is 5.97 Å². The number of aromatic nitrogens is 4. The minimum absolute atomic E-state index is 0.139. The first kappa shape index (κ1) is 16.4. The normalized spacial score (nSPS) is 16.1. The minimum Gasteiger partial charge on any atom is -0.469 e. The summed E-state index contributed by atoms with van der Waals surface area (Å²) in [6, 6.07) is 12.0. The standard InChI is InChI=1S/C20H20N4O2/c1-26-19(25)12-14-7-9-15(10-8-14)17-13-24(23-22-17)18-6-2-4-16-5-3-11-21-20(16)18/h3,5,7-11,13,18H,2,4,6,12H2,1H3/t18-/m0/s1. The van der Waals surface area contributed by atoms with E-state index in [1.165, 1.54) is 12.7 Å². The molecule has 0 saturated heterocycles. The number of rotatable bonds is 4. The van der Waals surface area contributed by atoms with Crippen molar-refractivity contribution in [2.45, 2.75) is 31.7 Å². The molecule has 1 aliphatic rings. The number of fused-ring (bicyclic) bond motifs is 1. The zero-order valence-corrected chi connectivity index (χ0v) is 14.6. The molecule has 0 spiro atoms. The van der Waals surface area contributed by atoms with Crippen LogP contribution >= 0.6 is 0 Å². The van der Waals surface area contributed by atoms with Crippen molar-refractivity contribution < 1.29 is 9.53 Å². The van der Waals surface area contributed by atoms with E-state index in [4.69, 9.17) is 4.74 Å². The Bertz CT molecular complexity index is 918. The maximum absolute atomic E-state index is 11.4. The molecule has 1 aromatic carbocycles. The van der Waals surface area contributed by atoms with Gasteiger partial charge in [0.05, 0.1) is 31.5 Å². The van der Waals surface area contributed by atoms with Gasteiger partial charge in [0.2, 0.25) is 0 Å². The highest BCUT2D eigenvalue weighted by Crippen LogP contribution is 2.31. The van der Waals surface area contributed by atoms with Crippen LogP contribution in [-0.4, -0.2) is 33.1 Å². The molecule has 0 aliphatic heterocycles. The molecule has 6 nitrogen and oxygen atoms in total. The number of ether oxygens (including phenoxy) is 1. The van der Waals surface area contributed by atoms with E-state index in [1.807, 2.05) is 47.4 Å². The van der Waals surface area contributed by atoms with Crippen LogP contribution in [0.4, 0.5) is 0 Å². The third-order valence-corrected chi connectivity index (χ3v) is 4.82. The van der Waals surface area contributed by atoms with Crippen molar-refractivity contribution in [1.29, 1.82) is 0 Å². The van der Waals surface area contributed by atoms with Crippen molar-refractivity contribution in [3.8, 4) is 11.3 Å². The topological polar surface area (TPSA) is 69.9 Å². The monoisotopic (exact) mass is 348 g/mol. The lowest BCUT2D eigenvalue weighted by Crippen LogP contribution is -2.19. The minimum atomic E-state index is -0.243. The first-order chi connectivity index (χ1) is 12.7. The highest BCUT2D eigenvalue weighted by Gasteiger charge is 2.24. The Morgan fingerprint density at radius 3 is 2.92 bits per heavy atom. The van der Waals surface area contributed by atoms with Crippen molar-refractivity contribution in [3.63, 3.8) is 0 Å². The van der Waals surface area contributed by atoms with Crippen LogP contribution in [0.2, 0.25) is 0 Å². The third-order valence-electron chi connectivity index (χ3n) is 4.82. The van der Waals surface area contributed by atoms with Gasteiger partial charge in [-0.3, -0.25) is 9.78 Å². The van der Waals surface area contributed by atoms with Crippen molar-refractivity contribution in [1.82, 2.24) is 20.0 Å². The maximum atomic E-state index is 11.4. The molecule has 0 N–H and O–H groups in total. The van der Waals surface area contributed by atoms with Gasteiger partial charge < -0.3 is 4.74 Å². The molecule has 0 saturated carbocycles. The lowest BCUT2D eigenvalue weighted by atomic mass is 9.92. The molecule has 6 heteroatoms. The number of hydrogen-bond donors (Lipinski definition) is 0. The predicted octanol–water partition coefficient (Wildman–Crippen LogP) is 2.98. The van der Waals surface area contributed by atoms with Crippen LogP contribution in [0.3, 0.4) is 0 Å². The van der Waals surface area contributed by atoms with Crippen LogP contribution in [0, 0.1) is 0 Å². The van der Waals surface area contributed by atoms with Crippen LogP contribution < -0.4 is 0 Å². The Morgan fingerprint density at radius 2 is 2.12 bits per heavy atom. The molecule has 0 unspecified atom stereocenters. The number of benzene rings is 1. The molecule has 0 radical (unpaired) electrons. The van der Waals surface area contributed by atoms with E-state index in [-0.39, 0.29) is 18.4 Å². The average molecular weight is 348 g/mol. The molecule has 2 aromatic heterocycles. The Balaban J connectivity index is 1.56. The van der Waals surface area contributed by atoms with Gasteiger partial charge in [0, 0.05) is 11.8 Å². The summed E-state index contributed by atoms with van der Waals surface area (Å²) in [4.78, 5) is 15.9. The van der Waals surface area contributed by atoms with Crippen molar-refractivity contribution in [2.24, 2.45) is 0 Å². The van der Waals surface area contributed by atoms with E-state index >= 15 is 0 Å². The first-order valence-corrected chi connectivity index (χ1v) is 8.76. The van der Waals surface area contributed by atoms with Gasteiger partial charge in [-0.05, 0) is 36.5 Å². The van der Waals surface area contributed by atoms with Crippen LogP contribution in [0.25, 0.3) is 11.3 Å². The quantitative estimate of drug-likeness (QED) is 0.678. The second kappa shape index (κ2) is 7.07. The van der Waals surface area contributed by atoms with Crippen LogP contribution in [0.15, 0.2) is 48.8 Å². The number of carbonyl (C=O) groups is 1. The zero-order chi connectivity index (χ0) is 17.9. The van der Waals surface area contributed by atoms with E-state index in [1.54, 1.807) is 0 Å². The van der Waals surface area contributed by atoms with Gasteiger partial charge in [0.15, 0.2) is 0 Å². The number of esters is 1. The van der Waals surface area contributed by atoms with E-state index in [0.717, 1.165) is 41.8 Å². The molecule has 3 aromatic rings. The summed E-state index contributed by atoms with van der Waals surface area (Å²) < 4.78 is 6.62. The fourth-order valence-corrected chi connectivity index (χ4v) is 3.44. The Labute approximate surface area is 151 Å². The van der Waals surface area contributed by atoms with Gasteiger partial charge in [-0.2, -0.15) is 0 Å². The number of hydrogen-bond acceptors (Lipinski definition) is 5. The van der Waals surface area contributed by atoms with Gasteiger partial charge in [-0.25, -0.2) is 4.68 Å². The molecule has 0 amide bonds. The summed E-state index contributed by atoms with van der Waals surface area (Å²) in [6.45, 7) is 0. The first-order valence-electron chi connectivity index (χ1n) is 8.76. The SMILES string of the molecule is COC(=O)Cc1ccc(-c2cn([C@H]3CCCc4cccnc43)nn2)cc1. The molecule has 1 aliphatic carbocycles. The molecule has 4 rings (SSSR count). The summed E-state index contributed by atoms with van der Waals surface area (Å²) in [7, 11) is 1.40. The number of pyridine rings is 1. The molecular weight excluding hydrogens is 328 g/mol. The largest absolute Gasteiger partial charge is 0.469 e. The summed E-state index contributed by atoms with van der Waals surface area (Å²) in [5, 5.41) is 8.69. The number of carbonyl (C=O) groups excluding carboxylic acids is 1. The van der Waals surface area contributed by atoms with Gasteiger partial charge in [0.25, 0.3) is 0 Å². The number of methoxy groups -OCH3 is 1. The second-order valence-electron chi connectivity index (χ2n) is 6.49. The smallest absolute Gasteiger partial charge is 0.309 e. The van der Waals surface area contributed by atoms with Crippen LogP contribution in [0.1, 0.15) is 35.7 Å². The van der Waals surface area contributed by atoms with E-state index in [2.05, 4.69) is 21.4 Å². The highest BCUT2D eigenvalue weighted by atomic mass is 16.5.